The average Bonchev–Trinajstić information content (AvgIpc) is 3.55. The van der Waals surface area contributed by atoms with Gasteiger partial charge in [-0.25, -0.2) is 5.84 Å². The number of anilines is 3. The number of aliphatic imine (C=N–C) groups is 1. The normalized spacial score (nSPS) is 22.4. The van der Waals surface area contributed by atoms with Gasteiger partial charge in [0.1, 0.15) is 0 Å². The Morgan fingerprint density at radius 2 is 2.27 bits per heavy atom. The zero-order chi connectivity index (χ0) is 21.5. The first-order valence-corrected chi connectivity index (χ1v) is 11.9. The number of allylic oxidation sites excluding steroid dienone is 3. The van der Waals surface area contributed by atoms with Crippen molar-refractivity contribution in [1.29, 1.82) is 0 Å². The summed E-state index contributed by atoms with van der Waals surface area (Å²) in [5.74, 6) is 7.53. The number of thioether (sulfide) groups is 1. The first-order valence-electron chi connectivity index (χ1n) is 10.4. The van der Waals surface area contributed by atoms with Gasteiger partial charge in [0, 0.05) is 35.7 Å². The van der Waals surface area contributed by atoms with Gasteiger partial charge in [-0.05, 0) is 43.3 Å². The predicted molar refractivity (Wildman–Crippen MR) is 135 cm³/mol. The summed E-state index contributed by atoms with van der Waals surface area (Å²) in [4.78, 5) is 4.44. The van der Waals surface area contributed by atoms with Gasteiger partial charge in [-0.15, -0.1) is 11.6 Å². The Kier molecular flexibility index (Phi) is 8.31. The van der Waals surface area contributed by atoms with Crippen LogP contribution in [0.15, 0.2) is 59.1 Å². The summed E-state index contributed by atoms with van der Waals surface area (Å²) in [5.41, 5.74) is 9.96. The molecule has 30 heavy (non-hydrogen) atoms. The molecule has 1 saturated heterocycles. The van der Waals surface area contributed by atoms with Crippen LogP contribution >= 0.6 is 23.4 Å². The second-order valence-corrected chi connectivity index (χ2v) is 9.60. The Hall–Kier alpha value is -1.89. The predicted octanol–water partition coefficient (Wildman–Crippen LogP) is 4.62. The fourth-order valence-corrected chi connectivity index (χ4v) is 4.24. The number of nitrogen functional groups attached to an aromatic ring is 1. The first-order chi connectivity index (χ1) is 14.5. The lowest BCUT2D eigenvalue weighted by molar-refractivity contribution is 0.587. The number of nitrogens with two attached hydrogens (primary N) is 2. The monoisotopic (exact) mass is 445 g/mol. The van der Waals surface area contributed by atoms with E-state index in [0.29, 0.717) is 10.9 Å². The summed E-state index contributed by atoms with van der Waals surface area (Å²) in [7, 11) is 0. The van der Waals surface area contributed by atoms with E-state index in [1.807, 2.05) is 36.0 Å². The van der Waals surface area contributed by atoms with Crippen molar-refractivity contribution in [3.05, 3.63) is 54.2 Å². The van der Waals surface area contributed by atoms with Crippen molar-refractivity contribution in [3.8, 4) is 0 Å². The first kappa shape index (κ1) is 22.8. The Labute approximate surface area is 189 Å². The molecule has 0 amide bonds. The molecule has 5 nitrogen and oxygen atoms in total. The molecule has 162 valence electrons. The zero-order valence-corrected chi connectivity index (χ0v) is 19.1. The van der Waals surface area contributed by atoms with Gasteiger partial charge in [0.2, 0.25) is 0 Å². The van der Waals surface area contributed by atoms with E-state index in [1.165, 1.54) is 11.3 Å². The molecule has 1 heterocycles. The van der Waals surface area contributed by atoms with Crippen LogP contribution in [0, 0.1) is 5.92 Å². The van der Waals surface area contributed by atoms with Crippen molar-refractivity contribution >= 4 is 47.1 Å². The molecule has 2 aliphatic rings. The Morgan fingerprint density at radius 3 is 2.87 bits per heavy atom. The summed E-state index contributed by atoms with van der Waals surface area (Å²) in [5, 5.41) is 5.95. The van der Waals surface area contributed by atoms with Gasteiger partial charge in [-0.3, -0.25) is 4.99 Å². The summed E-state index contributed by atoms with van der Waals surface area (Å²) in [6, 6.07) is 5.94. The molecule has 1 fully saturated rings. The Bertz CT molecular complexity index is 818. The SMILES string of the molecule is C=NC(C1=CCC(Cl)C=C1)C(/C=C\CC)CNc1ccc(N(N)CC2CS2)c(N)c1. The van der Waals surface area contributed by atoms with Crippen LogP contribution in [0.1, 0.15) is 19.8 Å². The van der Waals surface area contributed by atoms with E-state index in [2.05, 4.69) is 48.3 Å². The van der Waals surface area contributed by atoms with Crippen molar-refractivity contribution in [3.63, 3.8) is 0 Å². The number of nitrogens with zero attached hydrogens (tertiary/aromatic N) is 2. The number of benzene rings is 1. The van der Waals surface area contributed by atoms with Crippen LogP contribution in [-0.2, 0) is 0 Å². The maximum Gasteiger partial charge on any atom is 0.0818 e. The van der Waals surface area contributed by atoms with Gasteiger partial charge >= 0.3 is 0 Å². The average molecular weight is 446 g/mol. The third kappa shape index (κ3) is 6.30. The van der Waals surface area contributed by atoms with E-state index >= 15 is 0 Å². The topological polar surface area (TPSA) is 79.7 Å². The summed E-state index contributed by atoms with van der Waals surface area (Å²) >= 11 is 8.11. The lowest BCUT2D eigenvalue weighted by Crippen LogP contribution is -2.34. The number of hydrogen-bond acceptors (Lipinski definition) is 6. The maximum absolute atomic E-state index is 6.28. The van der Waals surface area contributed by atoms with E-state index in [0.717, 1.165) is 37.3 Å². The molecule has 1 aliphatic carbocycles. The number of nitrogens with one attached hydrogen (secondary N) is 1. The molecule has 4 atom stereocenters. The third-order valence-electron chi connectivity index (χ3n) is 5.32. The van der Waals surface area contributed by atoms with Crippen molar-refractivity contribution in [2.24, 2.45) is 16.8 Å². The lowest BCUT2D eigenvalue weighted by atomic mass is 9.89. The van der Waals surface area contributed by atoms with Crippen LogP contribution in [0.3, 0.4) is 0 Å². The number of halogens is 1. The number of hydrogen-bond donors (Lipinski definition) is 3. The smallest absolute Gasteiger partial charge is 0.0818 e. The van der Waals surface area contributed by atoms with Crippen LogP contribution in [0.25, 0.3) is 0 Å². The molecule has 0 radical (unpaired) electrons. The molecular weight excluding hydrogens is 414 g/mol. The van der Waals surface area contributed by atoms with Crippen LogP contribution in [-0.4, -0.2) is 42.2 Å². The molecule has 0 spiro atoms. The van der Waals surface area contributed by atoms with E-state index in [-0.39, 0.29) is 17.3 Å². The van der Waals surface area contributed by atoms with Crippen molar-refractivity contribution < 1.29 is 0 Å². The van der Waals surface area contributed by atoms with Crippen LogP contribution in [0.4, 0.5) is 17.1 Å². The van der Waals surface area contributed by atoms with Gasteiger partial charge in [-0.2, -0.15) is 11.8 Å². The Balaban J connectivity index is 1.67. The van der Waals surface area contributed by atoms with Crippen molar-refractivity contribution in [2.45, 2.75) is 36.4 Å². The minimum atomic E-state index is -0.0205. The molecule has 3 rings (SSSR count). The standard InChI is InChI=1S/C23H32ClN5S/c1-3-4-5-17(23(27-2)16-6-8-18(24)9-7-16)13-28-19-10-11-22(21(25)12-19)29(26)14-20-15-30-20/h4-8,10-12,17-18,20,23,28H,2-3,9,13-15,25-26H2,1H3/b5-4-. The highest BCUT2D eigenvalue weighted by Crippen LogP contribution is 2.33. The van der Waals surface area contributed by atoms with Crippen LogP contribution in [0.2, 0.25) is 0 Å². The molecule has 1 aromatic carbocycles. The van der Waals surface area contributed by atoms with E-state index in [9.17, 15) is 0 Å². The van der Waals surface area contributed by atoms with Crippen LogP contribution in [0.5, 0.6) is 0 Å². The van der Waals surface area contributed by atoms with E-state index < -0.39 is 0 Å². The summed E-state index contributed by atoms with van der Waals surface area (Å²) in [6.45, 7) is 7.53. The van der Waals surface area contributed by atoms with Gasteiger partial charge in [-0.1, -0.05) is 37.3 Å². The second-order valence-electron chi connectivity index (χ2n) is 7.70. The fraction of sp³-hybridized carbons (Fsp3) is 0.435. The molecule has 0 aromatic heterocycles. The van der Waals surface area contributed by atoms with E-state index in [1.54, 1.807) is 5.01 Å². The van der Waals surface area contributed by atoms with Gasteiger partial charge < -0.3 is 16.1 Å². The van der Waals surface area contributed by atoms with Gasteiger partial charge in [0.15, 0.2) is 0 Å². The minimum Gasteiger partial charge on any atom is -0.397 e. The Morgan fingerprint density at radius 1 is 1.47 bits per heavy atom. The minimum absolute atomic E-state index is 0.0205. The second kappa shape index (κ2) is 10.9. The van der Waals surface area contributed by atoms with E-state index in [4.69, 9.17) is 23.2 Å². The maximum atomic E-state index is 6.28. The van der Waals surface area contributed by atoms with Crippen molar-refractivity contribution in [1.82, 2.24) is 0 Å². The largest absolute Gasteiger partial charge is 0.397 e. The lowest BCUT2D eigenvalue weighted by Gasteiger charge is -2.25. The highest BCUT2D eigenvalue weighted by molar-refractivity contribution is 8.06. The molecule has 1 aromatic rings. The summed E-state index contributed by atoms with van der Waals surface area (Å²) < 4.78 is 0. The molecule has 7 heteroatoms. The number of alkyl halides is 1. The highest BCUT2D eigenvalue weighted by Gasteiger charge is 2.25. The molecule has 0 bridgehead atoms. The van der Waals surface area contributed by atoms with Gasteiger partial charge in [0.05, 0.1) is 22.8 Å². The molecular formula is C23H32ClN5S. The third-order valence-corrected chi connectivity index (χ3v) is 6.60. The zero-order valence-electron chi connectivity index (χ0n) is 17.5. The number of rotatable bonds is 11. The molecule has 4 unspecified atom stereocenters. The molecule has 0 saturated carbocycles. The molecule has 1 aliphatic heterocycles. The fourth-order valence-electron chi connectivity index (χ4n) is 3.57. The summed E-state index contributed by atoms with van der Waals surface area (Å²) in [6.07, 6.45) is 12.5. The van der Waals surface area contributed by atoms with Crippen molar-refractivity contribution in [2.75, 3.05) is 34.9 Å². The molecule has 5 N–H and O–H groups in total. The van der Waals surface area contributed by atoms with Gasteiger partial charge in [0.25, 0.3) is 0 Å². The quantitative estimate of drug-likeness (QED) is 0.0880. The highest BCUT2D eigenvalue weighted by atomic mass is 35.5. The number of hydrazine groups is 1. The van der Waals surface area contributed by atoms with Crippen LogP contribution < -0.4 is 21.9 Å².